The van der Waals surface area contributed by atoms with Crippen molar-refractivity contribution in [3.63, 3.8) is 0 Å². The number of hydrogen-bond acceptors (Lipinski definition) is 4. The van der Waals surface area contributed by atoms with Crippen LogP contribution in [0.15, 0.2) is 23.1 Å². The van der Waals surface area contributed by atoms with Gasteiger partial charge in [-0.1, -0.05) is 26.0 Å². The number of aryl methyl sites for hydroxylation is 1. The number of nitrogens with two attached hydrogens (primary N) is 1. The second-order valence-corrected chi connectivity index (χ2v) is 7.06. The normalized spacial score (nSPS) is 11.7. The zero-order chi connectivity index (χ0) is 16.0. The first-order chi connectivity index (χ1) is 9.76. The van der Waals surface area contributed by atoms with Gasteiger partial charge in [0.05, 0.1) is 11.4 Å². The van der Waals surface area contributed by atoms with Crippen molar-refractivity contribution in [1.29, 1.82) is 0 Å². The molecule has 0 atom stereocenters. The summed E-state index contributed by atoms with van der Waals surface area (Å²) in [6.45, 7) is 6.23. The van der Waals surface area contributed by atoms with Crippen LogP contribution >= 0.6 is 0 Å². The van der Waals surface area contributed by atoms with Gasteiger partial charge in [-0.3, -0.25) is 4.79 Å². The van der Waals surface area contributed by atoms with Crippen LogP contribution in [0.4, 0.5) is 0 Å². The fourth-order valence-corrected chi connectivity index (χ4v) is 2.97. The highest BCUT2D eigenvalue weighted by atomic mass is 32.2. The van der Waals surface area contributed by atoms with Crippen LogP contribution in [0.25, 0.3) is 0 Å². The number of carbonyl (C=O) groups excluding carboxylic acids is 1. The average molecular weight is 313 g/mol. The highest BCUT2D eigenvalue weighted by Gasteiger charge is 2.18. The van der Waals surface area contributed by atoms with Crippen LogP contribution in [0.2, 0.25) is 0 Å². The van der Waals surface area contributed by atoms with Gasteiger partial charge in [-0.25, -0.2) is 13.1 Å². The summed E-state index contributed by atoms with van der Waals surface area (Å²) in [4.78, 5) is 11.7. The Morgan fingerprint density at radius 1 is 1.33 bits per heavy atom. The third-order valence-electron chi connectivity index (χ3n) is 2.89. The first kappa shape index (κ1) is 17.6. The molecule has 1 aromatic rings. The molecule has 0 aliphatic heterocycles. The molecule has 1 rings (SSSR count). The van der Waals surface area contributed by atoms with Crippen molar-refractivity contribution >= 4 is 15.9 Å². The van der Waals surface area contributed by atoms with Crippen molar-refractivity contribution < 1.29 is 13.2 Å². The minimum atomic E-state index is -3.70. The number of sulfonamides is 1. The lowest BCUT2D eigenvalue weighted by Crippen LogP contribution is -2.38. The predicted octanol–water partition coefficient (Wildman–Crippen LogP) is 0.504. The van der Waals surface area contributed by atoms with E-state index in [1.807, 2.05) is 13.8 Å². The number of benzene rings is 1. The van der Waals surface area contributed by atoms with Crippen molar-refractivity contribution in [1.82, 2.24) is 10.0 Å². The van der Waals surface area contributed by atoms with Gasteiger partial charge in [0.25, 0.3) is 0 Å². The highest BCUT2D eigenvalue weighted by molar-refractivity contribution is 7.89. The minimum absolute atomic E-state index is 0.163. The van der Waals surface area contributed by atoms with E-state index in [0.717, 1.165) is 5.56 Å². The Balaban J connectivity index is 2.72. The molecule has 1 amide bonds. The summed E-state index contributed by atoms with van der Waals surface area (Å²) in [6.07, 6.45) is 0. The first-order valence-electron chi connectivity index (χ1n) is 6.82. The zero-order valence-corrected chi connectivity index (χ0v) is 13.5. The number of amides is 1. The Bertz CT molecular complexity index is 597. The van der Waals surface area contributed by atoms with Gasteiger partial charge in [0.2, 0.25) is 15.9 Å². The molecular formula is C14H23N3O3S. The third kappa shape index (κ3) is 5.45. The molecule has 0 saturated carbocycles. The molecule has 7 heteroatoms. The molecule has 0 aromatic heterocycles. The molecule has 0 saturated heterocycles. The first-order valence-corrected chi connectivity index (χ1v) is 8.30. The summed E-state index contributed by atoms with van der Waals surface area (Å²) < 4.78 is 26.7. The Hall–Kier alpha value is -1.44. The lowest BCUT2D eigenvalue weighted by molar-refractivity contribution is -0.120. The maximum atomic E-state index is 12.2. The number of hydrogen-bond donors (Lipinski definition) is 3. The van der Waals surface area contributed by atoms with Crippen LogP contribution in [-0.4, -0.2) is 27.4 Å². The molecule has 0 heterocycles. The van der Waals surface area contributed by atoms with Crippen molar-refractivity contribution in [2.45, 2.75) is 32.2 Å². The van der Waals surface area contributed by atoms with Gasteiger partial charge >= 0.3 is 0 Å². The van der Waals surface area contributed by atoms with Gasteiger partial charge in [0.1, 0.15) is 0 Å². The molecule has 0 unspecified atom stereocenters. The van der Waals surface area contributed by atoms with Crippen LogP contribution in [0.5, 0.6) is 0 Å². The van der Waals surface area contributed by atoms with E-state index in [-0.39, 0.29) is 17.3 Å². The lowest BCUT2D eigenvalue weighted by atomic mass is 10.1. The van der Waals surface area contributed by atoms with Crippen molar-refractivity contribution in [3.8, 4) is 0 Å². The second-order valence-electron chi connectivity index (χ2n) is 5.33. The lowest BCUT2D eigenvalue weighted by Gasteiger charge is -2.11. The Kier molecular flexibility index (Phi) is 6.32. The zero-order valence-electron chi connectivity index (χ0n) is 12.6. The van der Waals surface area contributed by atoms with Gasteiger partial charge < -0.3 is 11.1 Å². The molecule has 4 N–H and O–H groups in total. The molecule has 0 spiro atoms. The van der Waals surface area contributed by atoms with E-state index in [0.29, 0.717) is 24.6 Å². The van der Waals surface area contributed by atoms with Gasteiger partial charge in [-0.2, -0.15) is 0 Å². The van der Waals surface area contributed by atoms with E-state index in [4.69, 9.17) is 5.73 Å². The van der Waals surface area contributed by atoms with E-state index in [2.05, 4.69) is 10.0 Å². The molecule has 0 fully saturated rings. The van der Waals surface area contributed by atoms with Crippen LogP contribution in [0, 0.1) is 12.8 Å². The fourth-order valence-electron chi connectivity index (χ4n) is 1.76. The summed E-state index contributed by atoms with van der Waals surface area (Å²) in [6, 6.07) is 4.90. The van der Waals surface area contributed by atoms with Gasteiger partial charge in [-0.15, -0.1) is 0 Å². The monoisotopic (exact) mass is 313 g/mol. The maximum absolute atomic E-state index is 12.2. The van der Waals surface area contributed by atoms with Crippen molar-refractivity contribution in [2.24, 2.45) is 11.7 Å². The minimum Gasteiger partial charge on any atom is -0.355 e. The Morgan fingerprint density at radius 2 is 2.00 bits per heavy atom. The smallest absolute Gasteiger partial charge is 0.241 e. The number of rotatable bonds is 7. The molecule has 0 bridgehead atoms. The third-order valence-corrected chi connectivity index (χ3v) is 4.46. The van der Waals surface area contributed by atoms with Crippen molar-refractivity contribution in [2.75, 3.05) is 13.1 Å². The summed E-state index contributed by atoms with van der Waals surface area (Å²) >= 11 is 0. The van der Waals surface area contributed by atoms with Crippen molar-refractivity contribution in [3.05, 3.63) is 29.3 Å². The van der Waals surface area contributed by atoms with Gasteiger partial charge in [0, 0.05) is 13.1 Å². The highest BCUT2D eigenvalue weighted by Crippen LogP contribution is 2.16. The fraction of sp³-hybridized carbons (Fsp3) is 0.500. The largest absolute Gasteiger partial charge is 0.355 e. The Morgan fingerprint density at radius 3 is 2.52 bits per heavy atom. The molecule has 118 valence electrons. The van der Waals surface area contributed by atoms with Gasteiger partial charge in [-0.05, 0) is 30.0 Å². The SMILES string of the molecule is Cc1cc(CN)ccc1S(=O)(=O)NCC(=O)NCC(C)C. The summed E-state index contributed by atoms with van der Waals surface area (Å²) in [5.74, 6) is -0.0277. The molecule has 6 nitrogen and oxygen atoms in total. The van der Waals surface area contributed by atoms with Crippen LogP contribution in [0.1, 0.15) is 25.0 Å². The molecule has 0 radical (unpaired) electrons. The number of carbonyl (C=O) groups is 1. The second kappa shape index (κ2) is 7.53. The molecule has 0 aliphatic rings. The standard InChI is InChI=1S/C14H23N3O3S/c1-10(2)8-16-14(18)9-17-21(19,20)13-5-4-12(7-15)6-11(13)3/h4-6,10,17H,7-9,15H2,1-3H3,(H,16,18). The van der Waals surface area contributed by atoms with Gasteiger partial charge in [0.15, 0.2) is 0 Å². The molecule has 21 heavy (non-hydrogen) atoms. The summed E-state index contributed by atoms with van der Waals surface area (Å²) in [5, 5.41) is 2.66. The Labute approximate surface area is 126 Å². The summed E-state index contributed by atoms with van der Waals surface area (Å²) in [7, 11) is -3.70. The topological polar surface area (TPSA) is 101 Å². The van der Waals surface area contributed by atoms with E-state index >= 15 is 0 Å². The molecule has 1 aromatic carbocycles. The van der Waals surface area contributed by atoms with E-state index in [1.165, 1.54) is 6.07 Å². The van der Waals surface area contributed by atoms with E-state index in [9.17, 15) is 13.2 Å². The molecule has 0 aliphatic carbocycles. The maximum Gasteiger partial charge on any atom is 0.241 e. The van der Waals surface area contributed by atoms with E-state index < -0.39 is 10.0 Å². The number of nitrogens with one attached hydrogen (secondary N) is 2. The van der Waals surface area contributed by atoms with Crippen LogP contribution < -0.4 is 15.8 Å². The quantitative estimate of drug-likeness (QED) is 0.682. The summed E-state index contributed by atoms with van der Waals surface area (Å²) in [5.41, 5.74) is 6.98. The average Bonchev–Trinajstić information content (AvgIpc) is 2.42. The van der Waals surface area contributed by atoms with Crippen LogP contribution in [-0.2, 0) is 21.4 Å². The predicted molar refractivity (Wildman–Crippen MR) is 82.1 cm³/mol. The molecular weight excluding hydrogens is 290 g/mol. The van der Waals surface area contributed by atoms with E-state index in [1.54, 1.807) is 19.1 Å². The van der Waals surface area contributed by atoms with Crippen LogP contribution in [0.3, 0.4) is 0 Å².